The number of methoxy groups -OCH3 is 1. The van der Waals surface area contributed by atoms with Crippen LogP contribution in [0.1, 0.15) is 51.9 Å². The van der Waals surface area contributed by atoms with Crippen molar-refractivity contribution in [3.8, 4) is 0 Å². The molecule has 2 aliphatic carbocycles. The van der Waals surface area contributed by atoms with Crippen LogP contribution < -0.4 is 5.32 Å². The van der Waals surface area contributed by atoms with E-state index < -0.39 is 5.54 Å². The Hall–Kier alpha value is -0.610. The number of rotatable bonds is 5. The number of nitrogens with one attached hydrogen (secondary N) is 1. The lowest BCUT2D eigenvalue weighted by molar-refractivity contribution is -0.155. The molecule has 0 aromatic carbocycles. The van der Waals surface area contributed by atoms with Crippen LogP contribution in [0.2, 0.25) is 0 Å². The zero-order valence-electron chi connectivity index (χ0n) is 11.5. The molecule has 2 aliphatic rings. The molecule has 2 rings (SSSR count). The third-order valence-electron chi connectivity index (χ3n) is 4.23. The molecule has 0 spiro atoms. The van der Waals surface area contributed by atoms with E-state index in [1.165, 1.54) is 26.4 Å². The van der Waals surface area contributed by atoms with Crippen molar-refractivity contribution in [3.63, 3.8) is 0 Å². The first kappa shape index (κ1) is 13.8. The highest BCUT2D eigenvalue weighted by molar-refractivity contribution is 5.81. The number of likely N-dealkylation sites (N-methyl/N-ethyl adjacent to an activating group) is 1. The quantitative estimate of drug-likeness (QED) is 0.764. The first-order chi connectivity index (χ1) is 8.70. The summed E-state index contributed by atoms with van der Waals surface area (Å²) in [7, 11) is 1.47. The van der Waals surface area contributed by atoms with Gasteiger partial charge in [-0.25, -0.2) is 0 Å². The molecule has 2 fully saturated rings. The lowest BCUT2D eigenvalue weighted by Gasteiger charge is -2.41. The molecule has 4 nitrogen and oxygen atoms in total. The minimum atomic E-state index is -0.518. The van der Waals surface area contributed by atoms with Crippen molar-refractivity contribution in [1.82, 2.24) is 5.32 Å². The molecular formula is C14H25NO3. The summed E-state index contributed by atoms with van der Waals surface area (Å²) in [5.74, 6) is -0.133. The number of ether oxygens (including phenoxy) is 2. The van der Waals surface area contributed by atoms with Gasteiger partial charge in [0.25, 0.3) is 0 Å². The maximum atomic E-state index is 12.1. The molecule has 0 bridgehead atoms. The summed E-state index contributed by atoms with van der Waals surface area (Å²) in [6.07, 6.45) is 8.01. The Kier molecular flexibility index (Phi) is 4.62. The molecule has 4 heteroatoms. The second kappa shape index (κ2) is 6.02. The third-order valence-corrected chi connectivity index (χ3v) is 4.23. The zero-order valence-corrected chi connectivity index (χ0v) is 11.5. The maximum Gasteiger partial charge on any atom is 0.326 e. The van der Waals surface area contributed by atoms with E-state index >= 15 is 0 Å². The first-order valence-corrected chi connectivity index (χ1v) is 7.19. The average molecular weight is 255 g/mol. The molecule has 0 aliphatic heterocycles. The van der Waals surface area contributed by atoms with E-state index in [0.29, 0.717) is 6.10 Å². The average Bonchev–Trinajstić information content (AvgIpc) is 2.33. The lowest BCUT2D eigenvalue weighted by atomic mass is 9.79. The van der Waals surface area contributed by atoms with E-state index in [0.717, 1.165) is 32.2 Å². The van der Waals surface area contributed by atoms with Crippen LogP contribution in [0.3, 0.4) is 0 Å². The molecule has 0 radical (unpaired) electrons. The summed E-state index contributed by atoms with van der Waals surface area (Å²) in [5, 5.41) is 3.33. The van der Waals surface area contributed by atoms with Crippen molar-refractivity contribution in [1.29, 1.82) is 0 Å². The fourth-order valence-corrected chi connectivity index (χ4v) is 3.07. The van der Waals surface area contributed by atoms with E-state index in [-0.39, 0.29) is 12.1 Å². The van der Waals surface area contributed by atoms with Gasteiger partial charge >= 0.3 is 5.97 Å². The highest BCUT2D eigenvalue weighted by Gasteiger charge is 2.44. The van der Waals surface area contributed by atoms with E-state index in [1.54, 1.807) is 0 Å². The van der Waals surface area contributed by atoms with Crippen LogP contribution in [0.4, 0.5) is 0 Å². The predicted molar refractivity (Wildman–Crippen MR) is 69.4 cm³/mol. The fraction of sp³-hybridized carbons (Fsp3) is 0.929. The molecular weight excluding hydrogens is 230 g/mol. The summed E-state index contributed by atoms with van der Waals surface area (Å²) in [6, 6.07) is 0. The van der Waals surface area contributed by atoms with E-state index in [4.69, 9.17) is 9.47 Å². The Balaban J connectivity index is 1.97. The standard InChI is InChI=1S/C14H25NO3/c1-3-15-14(13(16)17-2)9-5-8-12(10-14)18-11-6-4-7-11/h11-12,15H,3-10H2,1-2H3. The number of hydrogen-bond acceptors (Lipinski definition) is 4. The van der Waals surface area contributed by atoms with Gasteiger partial charge in [-0.1, -0.05) is 6.92 Å². The predicted octanol–water partition coefficient (Wildman–Crippen LogP) is 2.02. The third kappa shape index (κ3) is 2.86. The van der Waals surface area contributed by atoms with Crippen LogP contribution in [0.15, 0.2) is 0 Å². The van der Waals surface area contributed by atoms with Crippen LogP contribution in [-0.4, -0.2) is 37.4 Å². The van der Waals surface area contributed by atoms with Gasteiger partial charge in [0, 0.05) is 6.42 Å². The number of carbonyl (C=O) groups is 1. The van der Waals surface area contributed by atoms with Gasteiger partial charge in [-0.05, 0) is 45.1 Å². The number of carbonyl (C=O) groups excluding carboxylic acids is 1. The Labute approximate surface area is 109 Å². The van der Waals surface area contributed by atoms with Crippen LogP contribution in [0, 0.1) is 0 Å². The molecule has 0 aromatic heterocycles. The summed E-state index contributed by atoms with van der Waals surface area (Å²) in [5.41, 5.74) is -0.518. The van der Waals surface area contributed by atoms with Crippen LogP contribution in [0.25, 0.3) is 0 Å². The summed E-state index contributed by atoms with van der Waals surface area (Å²) in [6.45, 7) is 2.81. The summed E-state index contributed by atoms with van der Waals surface area (Å²) >= 11 is 0. The minimum Gasteiger partial charge on any atom is -0.468 e. The second-order valence-electron chi connectivity index (χ2n) is 5.51. The molecule has 0 amide bonds. The fourth-order valence-electron chi connectivity index (χ4n) is 3.07. The molecule has 0 saturated heterocycles. The molecule has 2 atom stereocenters. The Morgan fingerprint density at radius 1 is 1.28 bits per heavy atom. The molecule has 2 saturated carbocycles. The van der Waals surface area contributed by atoms with Crippen molar-refractivity contribution in [2.24, 2.45) is 0 Å². The smallest absolute Gasteiger partial charge is 0.326 e. The van der Waals surface area contributed by atoms with Crippen molar-refractivity contribution >= 4 is 5.97 Å². The van der Waals surface area contributed by atoms with Crippen molar-refractivity contribution in [3.05, 3.63) is 0 Å². The van der Waals surface area contributed by atoms with Gasteiger partial charge in [0.2, 0.25) is 0 Å². The highest BCUT2D eigenvalue weighted by Crippen LogP contribution is 2.34. The first-order valence-electron chi connectivity index (χ1n) is 7.19. The monoisotopic (exact) mass is 255 g/mol. The van der Waals surface area contributed by atoms with Crippen LogP contribution in [0.5, 0.6) is 0 Å². The Morgan fingerprint density at radius 2 is 2.00 bits per heavy atom. The van der Waals surface area contributed by atoms with Gasteiger partial charge in [0.1, 0.15) is 5.54 Å². The molecule has 2 unspecified atom stereocenters. The molecule has 0 aromatic rings. The lowest BCUT2D eigenvalue weighted by Crippen LogP contribution is -2.57. The Bertz CT molecular complexity index is 287. The van der Waals surface area contributed by atoms with Crippen molar-refractivity contribution < 1.29 is 14.3 Å². The number of esters is 1. The normalized spacial score (nSPS) is 32.9. The Morgan fingerprint density at radius 3 is 2.56 bits per heavy atom. The van der Waals surface area contributed by atoms with Gasteiger partial charge in [-0.3, -0.25) is 4.79 Å². The van der Waals surface area contributed by atoms with Crippen LogP contribution >= 0.6 is 0 Å². The van der Waals surface area contributed by atoms with Gasteiger partial charge in [-0.2, -0.15) is 0 Å². The van der Waals surface area contributed by atoms with Gasteiger partial charge < -0.3 is 14.8 Å². The van der Waals surface area contributed by atoms with Crippen molar-refractivity contribution in [2.45, 2.75) is 69.6 Å². The minimum absolute atomic E-state index is 0.133. The van der Waals surface area contributed by atoms with E-state index in [1.807, 2.05) is 6.92 Å². The van der Waals surface area contributed by atoms with Crippen LogP contribution in [-0.2, 0) is 14.3 Å². The second-order valence-corrected chi connectivity index (χ2v) is 5.51. The largest absolute Gasteiger partial charge is 0.468 e. The van der Waals surface area contributed by atoms with Gasteiger partial charge in [0.05, 0.1) is 19.3 Å². The summed E-state index contributed by atoms with van der Waals surface area (Å²) in [4.78, 5) is 12.1. The highest BCUT2D eigenvalue weighted by atomic mass is 16.5. The zero-order chi connectivity index (χ0) is 13.0. The summed E-state index contributed by atoms with van der Waals surface area (Å²) < 4.78 is 11.1. The van der Waals surface area contributed by atoms with E-state index in [2.05, 4.69) is 5.32 Å². The topological polar surface area (TPSA) is 47.6 Å². The van der Waals surface area contributed by atoms with Gasteiger partial charge in [0.15, 0.2) is 0 Å². The SMILES string of the molecule is CCNC1(C(=O)OC)CCCC(OC2CCC2)C1. The molecule has 1 N–H and O–H groups in total. The molecule has 0 heterocycles. The molecule has 104 valence electrons. The number of hydrogen-bond donors (Lipinski definition) is 1. The van der Waals surface area contributed by atoms with E-state index in [9.17, 15) is 4.79 Å². The molecule has 18 heavy (non-hydrogen) atoms. The van der Waals surface area contributed by atoms with Crippen molar-refractivity contribution in [2.75, 3.05) is 13.7 Å². The maximum absolute atomic E-state index is 12.1. The van der Waals surface area contributed by atoms with Gasteiger partial charge in [-0.15, -0.1) is 0 Å².